The Morgan fingerprint density at radius 2 is 1.86 bits per heavy atom. The minimum atomic E-state index is 0.790. The van der Waals surface area contributed by atoms with E-state index < -0.39 is 0 Å². The van der Waals surface area contributed by atoms with Crippen molar-refractivity contribution in [1.82, 2.24) is 4.98 Å². The molecule has 1 aliphatic rings. The van der Waals surface area contributed by atoms with Crippen LogP contribution in [0.4, 0.5) is 5.82 Å². The molecule has 0 aliphatic carbocycles. The number of nitrogens with zero attached hydrogens (tertiary/aromatic N) is 2. The standard InChI is InChI=1S/C12H18N2/c1-9-4-5-12(13-6-9)14-7-10(2)11(3)8-14/h4-6,10-11H,7-8H2,1-3H3/t10-,11+. The molecule has 0 unspecified atom stereocenters. The summed E-state index contributed by atoms with van der Waals surface area (Å²) in [5.41, 5.74) is 1.23. The van der Waals surface area contributed by atoms with Gasteiger partial charge in [-0.1, -0.05) is 19.9 Å². The molecular weight excluding hydrogens is 172 g/mol. The molecule has 2 heterocycles. The molecule has 0 spiro atoms. The second-order valence-corrected chi connectivity index (χ2v) is 4.55. The summed E-state index contributed by atoms with van der Waals surface area (Å²) in [4.78, 5) is 6.84. The van der Waals surface area contributed by atoms with Crippen LogP contribution in [0.3, 0.4) is 0 Å². The highest BCUT2D eigenvalue weighted by atomic mass is 15.2. The van der Waals surface area contributed by atoms with Crippen LogP contribution in [0.15, 0.2) is 18.3 Å². The molecule has 0 radical (unpaired) electrons. The summed E-state index contributed by atoms with van der Waals surface area (Å²) in [5.74, 6) is 2.71. The van der Waals surface area contributed by atoms with Gasteiger partial charge in [-0.3, -0.25) is 0 Å². The molecule has 2 rings (SSSR count). The lowest BCUT2D eigenvalue weighted by atomic mass is 10.0. The second kappa shape index (κ2) is 3.60. The number of rotatable bonds is 1. The zero-order valence-electron chi connectivity index (χ0n) is 9.20. The normalized spacial score (nSPS) is 26.9. The van der Waals surface area contributed by atoms with Gasteiger partial charge in [-0.15, -0.1) is 0 Å². The largest absolute Gasteiger partial charge is 0.356 e. The highest BCUT2D eigenvalue weighted by molar-refractivity contribution is 5.40. The van der Waals surface area contributed by atoms with Crippen molar-refractivity contribution in [3.8, 4) is 0 Å². The Morgan fingerprint density at radius 1 is 1.21 bits per heavy atom. The quantitative estimate of drug-likeness (QED) is 0.676. The zero-order chi connectivity index (χ0) is 10.1. The highest BCUT2D eigenvalue weighted by Gasteiger charge is 2.26. The predicted octanol–water partition coefficient (Wildman–Crippen LogP) is 2.48. The van der Waals surface area contributed by atoms with Crippen LogP contribution in [-0.4, -0.2) is 18.1 Å². The minimum absolute atomic E-state index is 0.790. The molecule has 14 heavy (non-hydrogen) atoms. The van der Waals surface area contributed by atoms with E-state index >= 15 is 0 Å². The van der Waals surface area contributed by atoms with E-state index in [9.17, 15) is 0 Å². The fraction of sp³-hybridized carbons (Fsp3) is 0.583. The van der Waals surface area contributed by atoms with Crippen molar-refractivity contribution in [2.45, 2.75) is 20.8 Å². The van der Waals surface area contributed by atoms with Gasteiger partial charge >= 0.3 is 0 Å². The molecule has 0 amide bonds. The molecule has 1 aliphatic heterocycles. The first-order valence-corrected chi connectivity index (χ1v) is 5.34. The van der Waals surface area contributed by atoms with Crippen molar-refractivity contribution >= 4 is 5.82 Å². The highest BCUT2D eigenvalue weighted by Crippen LogP contribution is 2.26. The summed E-state index contributed by atoms with van der Waals surface area (Å²) in [5, 5.41) is 0. The summed E-state index contributed by atoms with van der Waals surface area (Å²) in [6.45, 7) is 9.01. The van der Waals surface area contributed by atoms with Gasteiger partial charge in [0.1, 0.15) is 5.82 Å². The third-order valence-electron chi connectivity index (χ3n) is 3.21. The molecule has 0 saturated carbocycles. The van der Waals surface area contributed by atoms with Crippen LogP contribution >= 0.6 is 0 Å². The van der Waals surface area contributed by atoms with Gasteiger partial charge < -0.3 is 4.90 Å². The van der Waals surface area contributed by atoms with Crippen LogP contribution in [0.1, 0.15) is 19.4 Å². The third-order valence-corrected chi connectivity index (χ3v) is 3.21. The van der Waals surface area contributed by atoms with Gasteiger partial charge in [0.25, 0.3) is 0 Å². The lowest BCUT2D eigenvalue weighted by Crippen LogP contribution is -2.20. The fourth-order valence-electron chi connectivity index (χ4n) is 1.96. The summed E-state index contributed by atoms with van der Waals surface area (Å²) in [6.07, 6.45) is 1.95. The Morgan fingerprint density at radius 3 is 2.36 bits per heavy atom. The maximum atomic E-state index is 4.46. The van der Waals surface area contributed by atoms with Gasteiger partial charge in [0.05, 0.1) is 0 Å². The van der Waals surface area contributed by atoms with Gasteiger partial charge in [-0.05, 0) is 30.4 Å². The van der Waals surface area contributed by atoms with Gasteiger partial charge in [0.2, 0.25) is 0 Å². The summed E-state index contributed by atoms with van der Waals surface area (Å²) in [6, 6.07) is 4.26. The minimum Gasteiger partial charge on any atom is -0.356 e. The Labute approximate surface area is 86.0 Å². The van der Waals surface area contributed by atoms with Crippen LogP contribution in [0.5, 0.6) is 0 Å². The van der Waals surface area contributed by atoms with Crippen LogP contribution in [0.25, 0.3) is 0 Å². The van der Waals surface area contributed by atoms with Crippen LogP contribution in [-0.2, 0) is 0 Å². The molecule has 1 fully saturated rings. The molecule has 0 aromatic carbocycles. The molecule has 1 aromatic rings. The lowest BCUT2D eigenvalue weighted by molar-refractivity contribution is 0.494. The van der Waals surface area contributed by atoms with Gasteiger partial charge in [-0.25, -0.2) is 4.98 Å². The first-order valence-electron chi connectivity index (χ1n) is 5.34. The molecule has 0 N–H and O–H groups in total. The average Bonchev–Trinajstić information content (AvgIpc) is 2.48. The Kier molecular flexibility index (Phi) is 2.44. The number of hydrogen-bond donors (Lipinski definition) is 0. The molecule has 76 valence electrons. The number of aryl methyl sites for hydroxylation is 1. The van der Waals surface area contributed by atoms with E-state index in [0.29, 0.717) is 0 Å². The van der Waals surface area contributed by atoms with E-state index in [4.69, 9.17) is 0 Å². The molecule has 1 saturated heterocycles. The number of hydrogen-bond acceptors (Lipinski definition) is 2. The zero-order valence-corrected chi connectivity index (χ0v) is 9.20. The van der Waals surface area contributed by atoms with Crippen molar-refractivity contribution in [2.75, 3.05) is 18.0 Å². The Balaban J connectivity index is 2.13. The number of pyridine rings is 1. The second-order valence-electron chi connectivity index (χ2n) is 4.55. The maximum absolute atomic E-state index is 4.46. The smallest absolute Gasteiger partial charge is 0.128 e. The summed E-state index contributed by atoms with van der Waals surface area (Å²) in [7, 11) is 0. The molecule has 2 nitrogen and oxygen atoms in total. The summed E-state index contributed by atoms with van der Waals surface area (Å²) >= 11 is 0. The van der Waals surface area contributed by atoms with Crippen molar-refractivity contribution in [3.63, 3.8) is 0 Å². The van der Waals surface area contributed by atoms with Crippen LogP contribution in [0.2, 0.25) is 0 Å². The maximum Gasteiger partial charge on any atom is 0.128 e. The number of anilines is 1. The third kappa shape index (κ3) is 1.74. The molecule has 2 heteroatoms. The Hall–Kier alpha value is -1.05. The monoisotopic (exact) mass is 190 g/mol. The molecule has 0 bridgehead atoms. The number of aromatic nitrogens is 1. The van der Waals surface area contributed by atoms with Crippen molar-refractivity contribution in [3.05, 3.63) is 23.9 Å². The molecule has 2 atom stereocenters. The van der Waals surface area contributed by atoms with Crippen molar-refractivity contribution in [1.29, 1.82) is 0 Å². The summed E-state index contributed by atoms with van der Waals surface area (Å²) < 4.78 is 0. The fourth-order valence-corrected chi connectivity index (χ4v) is 1.96. The average molecular weight is 190 g/mol. The molecule has 1 aromatic heterocycles. The topological polar surface area (TPSA) is 16.1 Å². The lowest BCUT2D eigenvalue weighted by Gasteiger charge is -2.16. The van der Waals surface area contributed by atoms with E-state index in [1.165, 1.54) is 5.56 Å². The van der Waals surface area contributed by atoms with E-state index in [2.05, 4.69) is 42.8 Å². The van der Waals surface area contributed by atoms with Crippen molar-refractivity contribution in [2.24, 2.45) is 11.8 Å². The molecular formula is C12H18N2. The van der Waals surface area contributed by atoms with Crippen LogP contribution < -0.4 is 4.90 Å². The predicted molar refractivity (Wildman–Crippen MR) is 59.5 cm³/mol. The van der Waals surface area contributed by atoms with Gasteiger partial charge in [0, 0.05) is 19.3 Å². The Bertz CT molecular complexity index is 295. The van der Waals surface area contributed by atoms with Crippen molar-refractivity contribution < 1.29 is 0 Å². The van der Waals surface area contributed by atoms with Gasteiger partial charge in [-0.2, -0.15) is 0 Å². The van der Waals surface area contributed by atoms with Gasteiger partial charge in [0.15, 0.2) is 0 Å². The first-order chi connectivity index (χ1) is 6.66. The van der Waals surface area contributed by atoms with E-state index in [1.807, 2.05) is 6.20 Å². The van der Waals surface area contributed by atoms with E-state index in [-0.39, 0.29) is 0 Å². The van der Waals surface area contributed by atoms with E-state index in [1.54, 1.807) is 0 Å². The first kappa shape index (κ1) is 9.50. The van der Waals surface area contributed by atoms with Crippen LogP contribution in [0, 0.1) is 18.8 Å². The SMILES string of the molecule is Cc1ccc(N2C[C@@H](C)[C@@H](C)C2)nc1. The van der Waals surface area contributed by atoms with E-state index in [0.717, 1.165) is 30.7 Å².